The number of rotatable bonds is 3. The second kappa shape index (κ2) is 6.04. The van der Waals surface area contributed by atoms with Crippen LogP contribution in [0.4, 0.5) is 5.69 Å². The average molecular weight is 331 g/mol. The van der Waals surface area contributed by atoms with Crippen molar-refractivity contribution in [2.75, 3.05) is 24.3 Å². The summed E-state index contributed by atoms with van der Waals surface area (Å²) in [4.78, 5) is 14.4. The fourth-order valence-electron chi connectivity index (χ4n) is 2.58. The minimum atomic E-state index is -3.08. The number of para-hydroxylation sites is 2. The van der Waals surface area contributed by atoms with Crippen LogP contribution in [0.3, 0.4) is 0 Å². The number of anilines is 1. The lowest BCUT2D eigenvalue weighted by Gasteiger charge is -2.29. The third kappa shape index (κ3) is 3.53. The highest BCUT2D eigenvalue weighted by atomic mass is 32.2. The third-order valence-electron chi connectivity index (χ3n) is 3.60. The van der Waals surface area contributed by atoms with Crippen molar-refractivity contribution in [2.45, 2.75) is 5.75 Å². The van der Waals surface area contributed by atoms with Gasteiger partial charge in [-0.3, -0.25) is 4.79 Å². The summed E-state index contributed by atoms with van der Waals surface area (Å²) in [5.41, 5.74) is 1.95. The van der Waals surface area contributed by atoms with E-state index in [4.69, 9.17) is 4.74 Å². The molecule has 2 aromatic carbocycles. The highest BCUT2D eigenvalue weighted by Crippen LogP contribution is 2.31. The molecule has 0 aliphatic carbocycles. The van der Waals surface area contributed by atoms with Crippen LogP contribution in [-0.4, -0.2) is 33.7 Å². The number of carbonyl (C=O) groups excluding carboxylic acids is 1. The monoisotopic (exact) mass is 331 g/mol. The van der Waals surface area contributed by atoms with Crippen LogP contribution >= 0.6 is 0 Å². The SMILES string of the molecule is CS(=O)(=O)Cc1ccc(C(=O)N2CCOc3ccccc32)cc1. The largest absolute Gasteiger partial charge is 0.490 e. The molecular weight excluding hydrogens is 314 g/mol. The normalized spacial score (nSPS) is 14.0. The van der Waals surface area contributed by atoms with Gasteiger partial charge in [-0.15, -0.1) is 0 Å². The number of hydrogen-bond acceptors (Lipinski definition) is 4. The van der Waals surface area contributed by atoms with E-state index in [2.05, 4.69) is 0 Å². The van der Waals surface area contributed by atoms with E-state index in [1.807, 2.05) is 24.3 Å². The Hall–Kier alpha value is -2.34. The zero-order valence-corrected chi connectivity index (χ0v) is 13.5. The smallest absolute Gasteiger partial charge is 0.258 e. The minimum absolute atomic E-state index is 0.0259. The molecule has 2 aromatic rings. The number of fused-ring (bicyclic) bond motifs is 1. The maximum Gasteiger partial charge on any atom is 0.258 e. The molecule has 120 valence electrons. The number of benzene rings is 2. The van der Waals surface area contributed by atoms with Crippen LogP contribution in [-0.2, 0) is 15.6 Å². The Bertz CT molecular complexity index is 828. The molecule has 1 aliphatic heterocycles. The summed E-state index contributed by atoms with van der Waals surface area (Å²) in [5, 5.41) is 0. The lowest BCUT2D eigenvalue weighted by molar-refractivity contribution is 0.0976. The molecule has 23 heavy (non-hydrogen) atoms. The van der Waals surface area contributed by atoms with Gasteiger partial charge in [0, 0.05) is 11.8 Å². The predicted molar refractivity (Wildman–Crippen MR) is 88.6 cm³/mol. The lowest BCUT2D eigenvalue weighted by atomic mass is 10.1. The summed E-state index contributed by atoms with van der Waals surface area (Å²) in [7, 11) is -3.08. The molecule has 0 bridgehead atoms. The Morgan fingerprint density at radius 3 is 2.52 bits per heavy atom. The Balaban J connectivity index is 1.84. The van der Waals surface area contributed by atoms with Crippen molar-refractivity contribution in [3.63, 3.8) is 0 Å². The van der Waals surface area contributed by atoms with Crippen LogP contribution < -0.4 is 9.64 Å². The molecule has 6 heteroatoms. The van der Waals surface area contributed by atoms with Gasteiger partial charge in [-0.05, 0) is 29.8 Å². The van der Waals surface area contributed by atoms with Crippen LogP contribution in [0, 0.1) is 0 Å². The van der Waals surface area contributed by atoms with Crippen molar-refractivity contribution in [3.8, 4) is 5.75 Å². The Kier molecular flexibility index (Phi) is 4.09. The van der Waals surface area contributed by atoms with Gasteiger partial charge in [0.1, 0.15) is 12.4 Å². The van der Waals surface area contributed by atoms with Crippen molar-refractivity contribution >= 4 is 21.4 Å². The molecule has 0 saturated carbocycles. The molecule has 0 atom stereocenters. The van der Waals surface area contributed by atoms with Gasteiger partial charge >= 0.3 is 0 Å². The van der Waals surface area contributed by atoms with E-state index in [1.165, 1.54) is 6.26 Å². The fraction of sp³-hybridized carbons (Fsp3) is 0.235. The van der Waals surface area contributed by atoms with E-state index in [-0.39, 0.29) is 11.7 Å². The van der Waals surface area contributed by atoms with E-state index >= 15 is 0 Å². The molecule has 1 heterocycles. The van der Waals surface area contributed by atoms with Crippen LogP contribution in [0.1, 0.15) is 15.9 Å². The summed E-state index contributed by atoms with van der Waals surface area (Å²) in [5.74, 6) is 0.550. The van der Waals surface area contributed by atoms with Crippen LogP contribution in [0.2, 0.25) is 0 Å². The molecule has 3 rings (SSSR count). The fourth-order valence-corrected chi connectivity index (χ4v) is 3.38. The molecule has 0 saturated heterocycles. The molecule has 0 unspecified atom stereocenters. The van der Waals surface area contributed by atoms with Gasteiger partial charge in [0.25, 0.3) is 5.91 Å². The van der Waals surface area contributed by atoms with Gasteiger partial charge in [-0.1, -0.05) is 24.3 Å². The molecule has 0 aromatic heterocycles. The van der Waals surface area contributed by atoms with Crippen LogP contribution in [0.5, 0.6) is 5.75 Å². The number of carbonyl (C=O) groups is 1. The van der Waals surface area contributed by atoms with E-state index in [0.717, 1.165) is 5.69 Å². The summed E-state index contributed by atoms with van der Waals surface area (Å²) in [6.07, 6.45) is 1.19. The second-order valence-corrected chi connectivity index (χ2v) is 7.68. The van der Waals surface area contributed by atoms with E-state index in [0.29, 0.717) is 30.0 Å². The Morgan fingerprint density at radius 2 is 1.83 bits per heavy atom. The lowest BCUT2D eigenvalue weighted by Crippen LogP contribution is -2.37. The molecule has 0 spiro atoms. The van der Waals surface area contributed by atoms with Crippen molar-refractivity contribution in [2.24, 2.45) is 0 Å². The number of hydrogen-bond donors (Lipinski definition) is 0. The highest BCUT2D eigenvalue weighted by Gasteiger charge is 2.24. The summed E-state index contributed by atoms with van der Waals surface area (Å²) in [6, 6.07) is 14.1. The van der Waals surface area contributed by atoms with Gasteiger partial charge in [-0.2, -0.15) is 0 Å². The van der Waals surface area contributed by atoms with Gasteiger partial charge in [-0.25, -0.2) is 8.42 Å². The average Bonchev–Trinajstić information content (AvgIpc) is 2.53. The van der Waals surface area contributed by atoms with Gasteiger partial charge < -0.3 is 9.64 Å². The highest BCUT2D eigenvalue weighted by molar-refractivity contribution is 7.89. The number of amides is 1. The molecule has 5 nitrogen and oxygen atoms in total. The van der Waals surface area contributed by atoms with Gasteiger partial charge in [0.05, 0.1) is 18.0 Å². The maximum atomic E-state index is 12.7. The van der Waals surface area contributed by atoms with E-state index < -0.39 is 9.84 Å². The third-order valence-corrected chi connectivity index (χ3v) is 4.46. The Labute approximate surface area is 135 Å². The van der Waals surface area contributed by atoms with Crippen LogP contribution in [0.25, 0.3) is 0 Å². The molecular formula is C17H17NO4S. The summed E-state index contributed by atoms with van der Waals surface area (Å²) in [6.45, 7) is 0.940. The zero-order chi connectivity index (χ0) is 16.4. The molecule has 0 radical (unpaired) electrons. The topological polar surface area (TPSA) is 63.7 Å². The maximum absolute atomic E-state index is 12.7. The number of sulfone groups is 1. The molecule has 1 aliphatic rings. The zero-order valence-electron chi connectivity index (χ0n) is 12.7. The first kappa shape index (κ1) is 15.6. The summed E-state index contributed by atoms with van der Waals surface area (Å²) >= 11 is 0. The molecule has 0 N–H and O–H groups in total. The standard InChI is InChI=1S/C17H17NO4S/c1-23(20,21)12-13-6-8-14(9-7-13)17(19)18-10-11-22-16-5-3-2-4-15(16)18/h2-9H,10-12H2,1H3. The molecule has 1 amide bonds. The first-order valence-electron chi connectivity index (χ1n) is 7.24. The van der Waals surface area contributed by atoms with Crippen molar-refractivity contribution in [1.29, 1.82) is 0 Å². The van der Waals surface area contributed by atoms with Crippen molar-refractivity contribution in [1.82, 2.24) is 0 Å². The van der Waals surface area contributed by atoms with E-state index in [9.17, 15) is 13.2 Å². The predicted octanol–water partition coefficient (Wildman–Crippen LogP) is 2.27. The second-order valence-electron chi connectivity index (χ2n) is 5.54. The summed E-state index contributed by atoms with van der Waals surface area (Å²) < 4.78 is 28.2. The first-order chi connectivity index (χ1) is 10.9. The molecule has 0 fully saturated rings. The minimum Gasteiger partial charge on any atom is -0.490 e. The van der Waals surface area contributed by atoms with E-state index in [1.54, 1.807) is 29.2 Å². The number of nitrogens with zero attached hydrogens (tertiary/aromatic N) is 1. The number of ether oxygens (including phenoxy) is 1. The quantitative estimate of drug-likeness (QED) is 0.865. The van der Waals surface area contributed by atoms with Crippen LogP contribution in [0.15, 0.2) is 48.5 Å². The van der Waals surface area contributed by atoms with Crippen molar-refractivity contribution < 1.29 is 17.9 Å². The first-order valence-corrected chi connectivity index (χ1v) is 9.30. The Morgan fingerprint density at radius 1 is 1.13 bits per heavy atom. The van der Waals surface area contributed by atoms with Gasteiger partial charge in [0.2, 0.25) is 0 Å². The van der Waals surface area contributed by atoms with Gasteiger partial charge in [0.15, 0.2) is 9.84 Å². The van der Waals surface area contributed by atoms with Crippen molar-refractivity contribution in [3.05, 3.63) is 59.7 Å².